The summed E-state index contributed by atoms with van der Waals surface area (Å²) in [6, 6.07) is 16.7. The molecule has 5 nitrogen and oxygen atoms in total. The summed E-state index contributed by atoms with van der Waals surface area (Å²) >= 11 is 3.60. The lowest BCUT2D eigenvalue weighted by molar-refractivity contribution is -0.128. The van der Waals surface area contributed by atoms with E-state index in [9.17, 15) is 4.79 Å². The molecule has 3 rings (SSSR count). The maximum atomic E-state index is 11.8. The molecule has 0 radical (unpaired) electrons. The molecule has 148 valence electrons. The van der Waals surface area contributed by atoms with E-state index in [1.165, 1.54) is 16.7 Å². The van der Waals surface area contributed by atoms with E-state index in [1.807, 2.05) is 24.1 Å². The van der Waals surface area contributed by atoms with Gasteiger partial charge in [-0.2, -0.15) is 0 Å². The number of guanidine groups is 1. The average molecular weight is 443 g/mol. The summed E-state index contributed by atoms with van der Waals surface area (Å²) in [5, 5.41) is 3.42. The highest BCUT2D eigenvalue weighted by Gasteiger charge is 2.19. The second kappa shape index (κ2) is 9.73. The van der Waals surface area contributed by atoms with Crippen molar-refractivity contribution in [2.45, 2.75) is 32.5 Å². The molecule has 1 fully saturated rings. The second-order valence-corrected chi connectivity index (χ2v) is 7.94. The van der Waals surface area contributed by atoms with Crippen LogP contribution in [-0.4, -0.2) is 42.3 Å². The third-order valence-electron chi connectivity index (χ3n) is 4.96. The van der Waals surface area contributed by atoms with E-state index >= 15 is 0 Å². The summed E-state index contributed by atoms with van der Waals surface area (Å²) in [7, 11) is 3.83. The van der Waals surface area contributed by atoms with E-state index in [1.54, 1.807) is 7.05 Å². The lowest BCUT2D eigenvalue weighted by Gasteiger charge is -2.23. The van der Waals surface area contributed by atoms with Crippen LogP contribution in [0.2, 0.25) is 0 Å². The van der Waals surface area contributed by atoms with Gasteiger partial charge in [0.25, 0.3) is 0 Å². The number of carbonyl (C=O) groups is 1. The number of rotatable bonds is 6. The van der Waals surface area contributed by atoms with Crippen LogP contribution in [0.3, 0.4) is 0 Å². The lowest BCUT2D eigenvalue weighted by atomic mass is 10.1. The van der Waals surface area contributed by atoms with Crippen molar-refractivity contribution in [2.75, 3.05) is 20.6 Å². The number of aliphatic imine (C=N–C) groups is 1. The third kappa shape index (κ3) is 5.35. The Bertz CT molecular complexity index is 835. The van der Waals surface area contributed by atoms with Gasteiger partial charge in [-0.05, 0) is 29.2 Å². The number of hydrogen-bond acceptors (Lipinski definition) is 2. The van der Waals surface area contributed by atoms with Crippen LogP contribution in [0.25, 0.3) is 0 Å². The Morgan fingerprint density at radius 2 is 1.89 bits per heavy atom. The molecular formula is C22H27BrN4O. The van der Waals surface area contributed by atoms with Gasteiger partial charge >= 0.3 is 0 Å². The van der Waals surface area contributed by atoms with Crippen molar-refractivity contribution in [2.24, 2.45) is 4.99 Å². The Balaban J connectivity index is 1.53. The van der Waals surface area contributed by atoms with E-state index in [4.69, 9.17) is 0 Å². The van der Waals surface area contributed by atoms with E-state index in [0.717, 1.165) is 29.9 Å². The number of nitrogens with zero attached hydrogens (tertiary/aromatic N) is 3. The van der Waals surface area contributed by atoms with E-state index in [2.05, 4.69) is 67.5 Å². The first-order valence-electron chi connectivity index (χ1n) is 9.57. The second-order valence-electron chi connectivity index (χ2n) is 7.08. The molecule has 2 aromatic rings. The molecule has 1 amide bonds. The topological polar surface area (TPSA) is 47.9 Å². The number of benzene rings is 2. The van der Waals surface area contributed by atoms with Gasteiger partial charge in [0.2, 0.25) is 5.91 Å². The highest BCUT2D eigenvalue weighted by atomic mass is 79.9. The predicted molar refractivity (Wildman–Crippen MR) is 117 cm³/mol. The molecule has 28 heavy (non-hydrogen) atoms. The van der Waals surface area contributed by atoms with Gasteiger partial charge in [-0.1, -0.05) is 58.4 Å². The van der Waals surface area contributed by atoms with Crippen molar-refractivity contribution < 1.29 is 4.79 Å². The Morgan fingerprint density at radius 3 is 2.54 bits per heavy atom. The minimum absolute atomic E-state index is 0.266. The molecule has 0 atom stereocenters. The van der Waals surface area contributed by atoms with Gasteiger partial charge in [0.05, 0.1) is 0 Å². The lowest BCUT2D eigenvalue weighted by Crippen LogP contribution is -2.38. The Morgan fingerprint density at radius 1 is 1.18 bits per heavy atom. The number of hydrogen-bond donors (Lipinski definition) is 1. The first kappa shape index (κ1) is 20.4. The zero-order valence-corrected chi connectivity index (χ0v) is 18.1. The van der Waals surface area contributed by atoms with Crippen LogP contribution in [0.5, 0.6) is 0 Å². The van der Waals surface area contributed by atoms with Crippen LogP contribution in [-0.2, 0) is 24.4 Å². The quantitative estimate of drug-likeness (QED) is 0.546. The third-order valence-corrected chi connectivity index (χ3v) is 5.73. The summed E-state index contributed by atoms with van der Waals surface area (Å²) in [5.74, 6) is 1.12. The van der Waals surface area contributed by atoms with Crippen LogP contribution >= 0.6 is 15.9 Å². The Kier molecular flexibility index (Phi) is 7.09. The number of carbonyl (C=O) groups excluding carboxylic acids is 1. The Hall–Kier alpha value is -2.34. The van der Waals surface area contributed by atoms with Crippen molar-refractivity contribution in [1.82, 2.24) is 15.1 Å². The minimum atomic E-state index is 0.266. The molecule has 0 spiro atoms. The summed E-state index contributed by atoms with van der Waals surface area (Å²) < 4.78 is 1.10. The molecule has 0 saturated carbocycles. The van der Waals surface area contributed by atoms with E-state index in [0.29, 0.717) is 19.5 Å². The molecule has 1 aliphatic heterocycles. The normalized spacial score (nSPS) is 14.5. The summed E-state index contributed by atoms with van der Waals surface area (Å²) in [6.45, 7) is 3.06. The number of amides is 1. The molecule has 1 aliphatic rings. The van der Waals surface area contributed by atoms with Gasteiger partial charge in [0, 0.05) is 51.2 Å². The van der Waals surface area contributed by atoms with Crippen LogP contribution in [0.4, 0.5) is 0 Å². The molecule has 0 bridgehead atoms. The number of likely N-dealkylation sites (tertiary alicyclic amines) is 1. The van der Waals surface area contributed by atoms with Gasteiger partial charge in [-0.15, -0.1) is 0 Å². The average Bonchev–Trinajstić information content (AvgIpc) is 3.10. The Labute approximate surface area is 175 Å². The van der Waals surface area contributed by atoms with Crippen LogP contribution in [0, 0.1) is 0 Å². The summed E-state index contributed by atoms with van der Waals surface area (Å²) in [4.78, 5) is 20.2. The number of halogens is 1. The fraction of sp³-hybridized carbons (Fsp3) is 0.364. The first-order valence-corrected chi connectivity index (χ1v) is 10.4. The fourth-order valence-corrected chi connectivity index (χ4v) is 3.79. The zero-order valence-electron chi connectivity index (χ0n) is 16.5. The van der Waals surface area contributed by atoms with Crippen LogP contribution in [0.15, 0.2) is 58.0 Å². The molecule has 1 saturated heterocycles. The van der Waals surface area contributed by atoms with Crippen molar-refractivity contribution >= 4 is 27.8 Å². The highest BCUT2D eigenvalue weighted by molar-refractivity contribution is 9.10. The van der Waals surface area contributed by atoms with Crippen molar-refractivity contribution in [3.63, 3.8) is 0 Å². The monoisotopic (exact) mass is 442 g/mol. The smallest absolute Gasteiger partial charge is 0.222 e. The van der Waals surface area contributed by atoms with Crippen molar-refractivity contribution in [3.05, 3.63) is 69.7 Å². The predicted octanol–water partition coefficient (Wildman–Crippen LogP) is 3.78. The minimum Gasteiger partial charge on any atom is -0.352 e. The molecular weight excluding hydrogens is 416 g/mol. The fourth-order valence-electron chi connectivity index (χ4n) is 3.38. The SMILES string of the molecule is CN=C(NCc1ccc(CN2CCCC2=O)cc1)N(C)Cc1ccccc1Br. The molecule has 6 heteroatoms. The van der Waals surface area contributed by atoms with Gasteiger partial charge in [0.1, 0.15) is 0 Å². The molecule has 0 aliphatic carbocycles. The van der Waals surface area contributed by atoms with Gasteiger partial charge in [-0.3, -0.25) is 9.79 Å². The molecule has 1 N–H and O–H groups in total. The van der Waals surface area contributed by atoms with Gasteiger partial charge in [-0.25, -0.2) is 0 Å². The highest BCUT2D eigenvalue weighted by Crippen LogP contribution is 2.17. The largest absolute Gasteiger partial charge is 0.352 e. The maximum absolute atomic E-state index is 11.8. The molecule has 1 heterocycles. The van der Waals surface area contributed by atoms with Crippen molar-refractivity contribution in [3.8, 4) is 0 Å². The van der Waals surface area contributed by atoms with E-state index in [-0.39, 0.29) is 5.91 Å². The van der Waals surface area contributed by atoms with Gasteiger partial charge in [0.15, 0.2) is 5.96 Å². The van der Waals surface area contributed by atoms with Crippen molar-refractivity contribution in [1.29, 1.82) is 0 Å². The molecule has 0 unspecified atom stereocenters. The first-order chi connectivity index (χ1) is 13.6. The zero-order chi connectivity index (χ0) is 19.9. The summed E-state index contributed by atoms with van der Waals surface area (Å²) in [6.07, 6.45) is 1.67. The summed E-state index contributed by atoms with van der Waals surface area (Å²) in [5.41, 5.74) is 3.58. The van der Waals surface area contributed by atoms with Crippen LogP contribution < -0.4 is 5.32 Å². The number of nitrogens with one attached hydrogen (secondary N) is 1. The van der Waals surface area contributed by atoms with Gasteiger partial charge < -0.3 is 15.1 Å². The maximum Gasteiger partial charge on any atom is 0.222 e. The molecule has 2 aromatic carbocycles. The van der Waals surface area contributed by atoms with E-state index < -0.39 is 0 Å². The molecule has 0 aromatic heterocycles. The standard InChI is InChI=1S/C22H27BrN4O/c1-24-22(26(2)16-19-6-3-4-7-20(19)23)25-14-17-9-11-18(12-10-17)15-27-13-5-8-21(27)28/h3-4,6-7,9-12H,5,8,13-16H2,1-2H3,(H,24,25). The van der Waals surface area contributed by atoms with Crippen LogP contribution in [0.1, 0.15) is 29.5 Å².